The zero-order valence-corrected chi connectivity index (χ0v) is 15.3. The first-order valence-electron chi connectivity index (χ1n) is 8.46. The van der Waals surface area contributed by atoms with Crippen molar-refractivity contribution in [2.24, 2.45) is 0 Å². The lowest BCUT2D eigenvalue weighted by atomic mass is 10.3. The van der Waals surface area contributed by atoms with E-state index in [1.54, 1.807) is 24.3 Å². The number of carbonyl (C=O) groups excluding carboxylic acids is 1. The van der Waals surface area contributed by atoms with Crippen molar-refractivity contribution in [3.63, 3.8) is 0 Å². The van der Waals surface area contributed by atoms with Gasteiger partial charge < -0.3 is 20.1 Å². The third-order valence-corrected chi connectivity index (χ3v) is 3.90. The van der Waals surface area contributed by atoms with Crippen LogP contribution in [0.2, 0.25) is 5.02 Å². The average molecular weight is 383 g/mol. The van der Waals surface area contributed by atoms with E-state index in [9.17, 15) is 4.79 Å². The normalized spacial score (nSPS) is 10.1. The Labute approximate surface area is 162 Å². The molecule has 6 heteroatoms. The van der Waals surface area contributed by atoms with Gasteiger partial charge in [-0.1, -0.05) is 54.1 Å². The van der Waals surface area contributed by atoms with E-state index < -0.39 is 0 Å². The van der Waals surface area contributed by atoms with Gasteiger partial charge in [0.15, 0.2) is 5.75 Å². The van der Waals surface area contributed by atoms with Crippen LogP contribution in [-0.2, 0) is 0 Å². The van der Waals surface area contributed by atoms with E-state index >= 15 is 0 Å². The Balaban J connectivity index is 1.50. The summed E-state index contributed by atoms with van der Waals surface area (Å²) < 4.78 is 11.4. The summed E-state index contributed by atoms with van der Waals surface area (Å²) in [6, 6.07) is 23.5. The first-order chi connectivity index (χ1) is 13.2. The first kappa shape index (κ1) is 18.6. The van der Waals surface area contributed by atoms with Gasteiger partial charge in [0.1, 0.15) is 18.1 Å². The van der Waals surface area contributed by atoms with Crippen molar-refractivity contribution >= 4 is 23.3 Å². The van der Waals surface area contributed by atoms with Gasteiger partial charge in [0, 0.05) is 0 Å². The van der Waals surface area contributed by atoms with Crippen molar-refractivity contribution in [1.29, 1.82) is 0 Å². The first-order valence-corrected chi connectivity index (χ1v) is 8.84. The molecule has 0 aliphatic carbocycles. The maximum Gasteiger partial charge on any atom is 0.319 e. The predicted octanol–water partition coefficient (Wildman–Crippen LogP) is 5.33. The largest absolute Gasteiger partial charge is 0.490 e. The number of benzene rings is 3. The standard InChI is InChI=1S/C21H19ClN2O3/c22-17-10-4-6-12-19(17)26-15-14-23-21(25)24-18-11-5-7-13-20(18)27-16-8-2-1-3-9-16/h1-13H,14-15H2,(H2,23,24,25). The molecule has 0 spiro atoms. The van der Waals surface area contributed by atoms with Crippen molar-refractivity contribution in [3.8, 4) is 17.2 Å². The maximum atomic E-state index is 12.1. The molecule has 3 aromatic rings. The van der Waals surface area contributed by atoms with Gasteiger partial charge in [-0.3, -0.25) is 0 Å². The number of hydrogen-bond acceptors (Lipinski definition) is 3. The molecule has 3 aromatic carbocycles. The molecule has 5 nitrogen and oxygen atoms in total. The van der Waals surface area contributed by atoms with Crippen LogP contribution < -0.4 is 20.1 Å². The molecule has 0 aliphatic rings. The topological polar surface area (TPSA) is 59.6 Å². The van der Waals surface area contributed by atoms with Crippen molar-refractivity contribution in [1.82, 2.24) is 5.32 Å². The summed E-state index contributed by atoms with van der Waals surface area (Å²) >= 11 is 6.02. The summed E-state index contributed by atoms with van der Waals surface area (Å²) in [5.41, 5.74) is 0.575. The highest BCUT2D eigenvalue weighted by atomic mass is 35.5. The quantitative estimate of drug-likeness (QED) is 0.543. The Morgan fingerprint density at radius 1 is 0.852 bits per heavy atom. The van der Waals surface area contributed by atoms with E-state index in [-0.39, 0.29) is 6.03 Å². The smallest absolute Gasteiger partial charge is 0.319 e. The molecule has 0 aromatic heterocycles. The zero-order chi connectivity index (χ0) is 18.9. The van der Waals surface area contributed by atoms with Crippen LogP contribution in [0.25, 0.3) is 0 Å². The van der Waals surface area contributed by atoms with E-state index in [1.807, 2.05) is 54.6 Å². The fourth-order valence-electron chi connectivity index (χ4n) is 2.33. The minimum atomic E-state index is -0.345. The second kappa shape index (κ2) is 9.50. The van der Waals surface area contributed by atoms with Crippen LogP contribution in [-0.4, -0.2) is 19.2 Å². The van der Waals surface area contributed by atoms with E-state index in [1.165, 1.54) is 0 Å². The lowest BCUT2D eigenvalue weighted by molar-refractivity contribution is 0.247. The maximum absolute atomic E-state index is 12.1. The summed E-state index contributed by atoms with van der Waals surface area (Å²) in [5.74, 6) is 1.84. The highest BCUT2D eigenvalue weighted by molar-refractivity contribution is 6.32. The average Bonchev–Trinajstić information content (AvgIpc) is 2.69. The molecule has 0 radical (unpaired) electrons. The lowest BCUT2D eigenvalue weighted by Crippen LogP contribution is -2.32. The number of ether oxygens (including phenoxy) is 2. The molecule has 3 rings (SSSR count). The van der Waals surface area contributed by atoms with Gasteiger partial charge in [-0.25, -0.2) is 4.79 Å². The van der Waals surface area contributed by atoms with Crippen molar-refractivity contribution in [2.75, 3.05) is 18.5 Å². The molecular formula is C21H19ClN2O3. The molecule has 0 heterocycles. The van der Waals surface area contributed by atoms with Crippen LogP contribution >= 0.6 is 11.6 Å². The van der Waals surface area contributed by atoms with Crippen LogP contribution in [0.3, 0.4) is 0 Å². The van der Waals surface area contributed by atoms with Gasteiger partial charge in [-0.05, 0) is 36.4 Å². The SMILES string of the molecule is O=C(NCCOc1ccccc1Cl)Nc1ccccc1Oc1ccccc1. The molecule has 0 fully saturated rings. The summed E-state index contributed by atoms with van der Waals surface area (Å²) in [4.78, 5) is 12.1. The Morgan fingerprint density at radius 3 is 2.30 bits per heavy atom. The highest BCUT2D eigenvalue weighted by Crippen LogP contribution is 2.29. The summed E-state index contributed by atoms with van der Waals surface area (Å²) in [6.07, 6.45) is 0. The van der Waals surface area contributed by atoms with Gasteiger partial charge >= 0.3 is 6.03 Å². The Kier molecular flexibility index (Phi) is 6.55. The zero-order valence-electron chi connectivity index (χ0n) is 14.5. The van der Waals surface area contributed by atoms with Crippen molar-refractivity contribution in [3.05, 3.63) is 83.9 Å². The summed E-state index contributed by atoms with van der Waals surface area (Å²) in [6.45, 7) is 0.637. The number of rotatable bonds is 7. The van der Waals surface area contributed by atoms with Crippen molar-refractivity contribution in [2.45, 2.75) is 0 Å². The Hall–Kier alpha value is -3.18. The Morgan fingerprint density at radius 2 is 1.52 bits per heavy atom. The molecule has 27 heavy (non-hydrogen) atoms. The molecule has 2 amide bonds. The fraction of sp³-hybridized carbons (Fsp3) is 0.0952. The van der Waals surface area contributed by atoms with Crippen LogP contribution in [0.4, 0.5) is 10.5 Å². The van der Waals surface area contributed by atoms with E-state index in [2.05, 4.69) is 10.6 Å². The van der Waals surface area contributed by atoms with E-state index in [0.717, 1.165) is 0 Å². The molecule has 138 valence electrons. The molecular weight excluding hydrogens is 364 g/mol. The summed E-state index contributed by atoms with van der Waals surface area (Å²) in [5, 5.41) is 6.06. The second-order valence-electron chi connectivity index (χ2n) is 5.57. The molecule has 0 saturated heterocycles. The van der Waals surface area contributed by atoms with E-state index in [0.29, 0.717) is 41.1 Å². The van der Waals surface area contributed by atoms with Gasteiger partial charge in [0.05, 0.1) is 17.3 Å². The van der Waals surface area contributed by atoms with Crippen LogP contribution in [0.5, 0.6) is 17.2 Å². The Bertz CT molecular complexity index is 887. The molecule has 0 saturated carbocycles. The number of urea groups is 1. The fourth-order valence-corrected chi connectivity index (χ4v) is 2.52. The monoisotopic (exact) mass is 382 g/mol. The highest BCUT2D eigenvalue weighted by Gasteiger charge is 2.08. The lowest BCUT2D eigenvalue weighted by Gasteiger charge is -2.13. The van der Waals surface area contributed by atoms with Gasteiger partial charge in [0.2, 0.25) is 0 Å². The number of halogens is 1. The van der Waals surface area contributed by atoms with Crippen molar-refractivity contribution < 1.29 is 14.3 Å². The number of nitrogens with one attached hydrogen (secondary N) is 2. The molecule has 0 unspecified atom stereocenters. The minimum absolute atomic E-state index is 0.305. The molecule has 2 N–H and O–H groups in total. The number of hydrogen-bond donors (Lipinski definition) is 2. The minimum Gasteiger partial charge on any atom is -0.490 e. The van der Waals surface area contributed by atoms with Crippen LogP contribution in [0.15, 0.2) is 78.9 Å². The number of anilines is 1. The number of amides is 2. The predicted molar refractivity (Wildman–Crippen MR) is 107 cm³/mol. The van der Waals surface area contributed by atoms with Gasteiger partial charge in [-0.2, -0.15) is 0 Å². The third-order valence-electron chi connectivity index (χ3n) is 3.59. The van der Waals surface area contributed by atoms with Gasteiger partial charge in [0.25, 0.3) is 0 Å². The van der Waals surface area contributed by atoms with Crippen LogP contribution in [0, 0.1) is 0 Å². The molecule has 0 atom stereocenters. The van der Waals surface area contributed by atoms with E-state index in [4.69, 9.17) is 21.1 Å². The number of carbonyl (C=O) groups is 1. The van der Waals surface area contributed by atoms with Crippen LogP contribution in [0.1, 0.15) is 0 Å². The molecule has 0 bridgehead atoms. The molecule has 0 aliphatic heterocycles. The number of para-hydroxylation sites is 4. The second-order valence-corrected chi connectivity index (χ2v) is 5.98. The third kappa shape index (κ3) is 5.66. The van der Waals surface area contributed by atoms with Gasteiger partial charge in [-0.15, -0.1) is 0 Å². The summed E-state index contributed by atoms with van der Waals surface area (Å²) in [7, 11) is 0.